The monoisotopic (exact) mass is 200 g/mol. The van der Waals surface area contributed by atoms with Crippen LogP contribution in [0.5, 0.6) is 5.75 Å². The van der Waals surface area contributed by atoms with Crippen molar-refractivity contribution in [2.24, 2.45) is 0 Å². The van der Waals surface area contributed by atoms with Crippen molar-refractivity contribution in [3.63, 3.8) is 0 Å². The highest BCUT2D eigenvalue weighted by atomic mass is 16.5. The fraction of sp³-hybridized carbons (Fsp3) is 0.0909. The molecule has 3 rings (SSSR count). The lowest BCUT2D eigenvalue weighted by Gasteiger charge is -2.17. The zero-order chi connectivity index (χ0) is 10.3. The highest BCUT2D eigenvalue weighted by Crippen LogP contribution is 2.29. The van der Waals surface area contributed by atoms with E-state index in [1.54, 1.807) is 0 Å². The molecule has 0 atom stereocenters. The third kappa shape index (κ3) is 1.30. The highest BCUT2D eigenvalue weighted by Gasteiger charge is 2.17. The Morgan fingerprint density at radius 2 is 2.20 bits per heavy atom. The molecule has 15 heavy (non-hydrogen) atoms. The van der Waals surface area contributed by atoms with Crippen LogP contribution in [-0.4, -0.2) is 17.5 Å². The van der Waals surface area contributed by atoms with Gasteiger partial charge in [-0.2, -0.15) is 0 Å². The van der Waals surface area contributed by atoms with Crippen LogP contribution < -0.4 is 10.1 Å². The molecular formula is C11H8N2O2. The summed E-state index contributed by atoms with van der Waals surface area (Å²) in [6.45, 7) is 0.0625. The van der Waals surface area contributed by atoms with Crippen molar-refractivity contribution in [1.29, 1.82) is 0 Å². The number of carbonyl (C=O) groups is 1. The molecule has 2 aromatic rings. The van der Waals surface area contributed by atoms with Crippen molar-refractivity contribution in [3.05, 3.63) is 30.3 Å². The second-order valence-electron chi connectivity index (χ2n) is 3.36. The molecule has 1 aromatic carbocycles. The number of hydrogen-bond donors (Lipinski definition) is 1. The third-order valence-electron chi connectivity index (χ3n) is 2.31. The van der Waals surface area contributed by atoms with Crippen LogP contribution in [0.25, 0.3) is 10.9 Å². The normalized spacial score (nSPS) is 14.3. The van der Waals surface area contributed by atoms with Crippen LogP contribution in [0, 0.1) is 0 Å². The largest absolute Gasteiger partial charge is 0.480 e. The Labute approximate surface area is 85.9 Å². The summed E-state index contributed by atoms with van der Waals surface area (Å²) in [7, 11) is 0. The Bertz CT molecular complexity index is 551. The summed E-state index contributed by atoms with van der Waals surface area (Å²) >= 11 is 0. The minimum atomic E-state index is -0.162. The molecule has 4 heteroatoms. The molecule has 1 amide bonds. The molecule has 1 aromatic heterocycles. The van der Waals surface area contributed by atoms with E-state index in [0.29, 0.717) is 11.6 Å². The Kier molecular flexibility index (Phi) is 1.62. The Morgan fingerprint density at radius 1 is 1.33 bits per heavy atom. The summed E-state index contributed by atoms with van der Waals surface area (Å²) in [5.74, 6) is 0.975. The molecule has 2 heterocycles. The summed E-state index contributed by atoms with van der Waals surface area (Å²) < 4.78 is 5.27. The average Bonchev–Trinajstić information content (AvgIpc) is 2.26. The number of fused-ring (bicyclic) bond motifs is 2. The minimum absolute atomic E-state index is 0.0625. The molecule has 0 fully saturated rings. The molecule has 0 unspecified atom stereocenters. The standard InChI is InChI=1S/C11H8N2O2/c14-10-6-15-9-5-7-3-1-2-4-8(7)12-11(9)13-10/h1-5H,6H2,(H,12,13,14). The van der Waals surface area contributed by atoms with Crippen molar-refractivity contribution >= 4 is 22.6 Å². The number of nitrogens with zero attached hydrogens (tertiary/aromatic N) is 1. The number of hydrogen-bond acceptors (Lipinski definition) is 3. The molecule has 1 aliphatic heterocycles. The van der Waals surface area contributed by atoms with Crippen LogP contribution in [0.1, 0.15) is 0 Å². The maximum Gasteiger partial charge on any atom is 0.263 e. The number of amides is 1. The van der Waals surface area contributed by atoms with Gasteiger partial charge in [0.1, 0.15) is 0 Å². The van der Waals surface area contributed by atoms with E-state index in [-0.39, 0.29) is 12.5 Å². The van der Waals surface area contributed by atoms with Crippen molar-refractivity contribution in [1.82, 2.24) is 4.98 Å². The van der Waals surface area contributed by atoms with Crippen molar-refractivity contribution < 1.29 is 9.53 Å². The molecule has 0 bridgehead atoms. The zero-order valence-electron chi connectivity index (χ0n) is 7.86. The Hall–Kier alpha value is -2.10. The fourth-order valence-electron chi connectivity index (χ4n) is 1.61. The molecule has 0 saturated carbocycles. The first kappa shape index (κ1) is 8.23. The average molecular weight is 200 g/mol. The number of anilines is 1. The van der Waals surface area contributed by atoms with E-state index in [0.717, 1.165) is 10.9 Å². The maximum absolute atomic E-state index is 11.1. The van der Waals surface area contributed by atoms with Gasteiger partial charge >= 0.3 is 0 Å². The van der Waals surface area contributed by atoms with Gasteiger partial charge in [-0.3, -0.25) is 4.79 Å². The third-order valence-corrected chi connectivity index (χ3v) is 2.31. The summed E-state index contributed by atoms with van der Waals surface area (Å²) in [5, 5.41) is 3.68. The first-order chi connectivity index (χ1) is 7.33. The molecule has 0 radical (unpaired) electrons. The number of para-hydroxylation sites is 1. The van der Waals surface area contributed by atoms with E-state index in [9.17, 15) is 4.79 Å². The van der Waals surface area contributed by atoms with Crippen LogP contribution in [0.4, 0.5) is 5.82 Å². The predicted octanol–water partition coefficient (Wildman–Crippen LogP) is 1.57. The van der Waals surface area contributed by atoms with Gasteiger partial charge in [0.05, 0.1) is 5.52 Å². The number of rotatable bonds is 0. The molecule has 74 valence electrons. The Morgan fingerprint density at radius 3 is 3.13 bits per heavy atom. The quantitative estimate of drug-likeness (QED) is 0.702. The van der Waals surface area contributed by atoms with Gasteiger partial charge < -0.3 is 10.1 Å². The molecule has 0 spiro atoms. The molecular weight excluding hydrogens is 192 g/mol. The van der Waals surface area contributed by atoms with Crippen LogP contribution >= 0.6 is 0 Å². The Balaban J connectivity index is 2.24. The van der Waals surface area contributed by atoms with Gasteiger partial charge in [0, 0.05) is 5.39 Å². The van der Waals surface area contributed by atoms with Crippen LogP contribution in [-0.2, 0) is 4.79 Å². The van der Waals surface area contributed by atoms with Gasteiger partial charge in [-0.15, -0.1) is 0 Å². The van der Waals surface area contributed by atoms with Crippen molar-refractivity contribution in [3.8, 4) is 5.75 Å². The van der Waals surface area contributed by atoms with Crippen LogP contribution in [0.3, 0.4) is 0 Å². The lowest BCUT2D eigenvalue weighted by Crippen LogP contribution is -2.26. The minimum Gasteiger partial charge on any atom is -0.480 e. The summed E-state index contributed by atoms with van der Waals surface area (Å²) in [6, 6.07) is 9.60. The predicted molar refractivity (Wildman–Crippen MR) is 55.9 cm³/mol. The smallest absolute Gasteiger partial charge is 0.263 e. The second kappa shape index (κ2) is 2.95. The zero-order valence-corrected chi connectivity index (χ0v) is 7.86. The van der Waals surface area contributed by atoms with Gasteiger partial charge in [-0.05, 0) is 12.1 Å². The lowest BCUT2D eigenvalue weighted by atomic mass is 10.2. The van der Waals surface area contributed by atoms with E-state index in [2.05, 4.69) is 10.3 Å². The van der Waals surface area contributed by atoms with Gasteiger partial charge in [-0.25, -0.2) is 4.98 Å². The highest BCUT2D eigenvalue weighted by molar-refractivity contribution is 5.96. The topological polar surface area (TPSA) is 51.2 Å². The summed E-state index contributed by atoms with van der Waals surface area (Å²) in [6.07, 6.45) is 0. The first-order valence-corrected chi connectivity index (χ1v) is 4.65. The summed E-state index contributed by atoms with van der Waals surface area (Å²) in [5.41, 5.74) is 0.849. The van der Waals surface area contributed by atoms with E-state index in [4.69, 9.17) is 4.74 Å². The van der Waals surface area contributed by atoms with E-state index >= 15 is 0 Å². The number of benzene rings is 1. The van der Waals surface area contributed by atoms with Gasteiger partial charge in [0.15, 0.2) is 18.2 Å². The first-order valence-electron chi connectivity index (χ1n) is 4.65. The van der Waals surface area contributed by atoms with Crippen LogP contribution in [0.2, 0.25) is 0 Å². The van der Waals surface area contributed by atoms with E-state index in [1.807, 2.05) is 30.3 Å². The number of aromatic nitrogens is 1. The van der Waals surface area contributed by atoms with Crippen molar-refractivity contribution in [2.45, 2.75) is 0 Å². The van der Waals surface area contributed by atoms with Gasteiger partial charge in [-0.1, -0.05) is 18.2 Å². The number of pyridine rings is 1. The SMILES string of the molecule is O=C1COc2cc3ccccc3nc2N1. The van der Waals surface area contributed by atoms with Crippen molar-refractivity contribution in [2.75, 3.05) is 11.9 Å². The molecule has 1 aliphatic rings. The lowest BCUT2D eigenvalue weighted by molar-refractivity contribution is -0.118. The van der Waals surface area contributed by atoms with E-state index < -0.39 is 0 Å². The molecule has 0 saturated heterocycles. The van der Waals surface area contributed by atoms with Gasteiger partial charge in [0.25, 0.3) is 5.91 Å². The number of nitrogens with one attached hydrogen (secondary N) is 1. The fourth-order valence-corrected chi connectivity index (χ4v) is 1.61. The molecule has 0 aliphatic carbocycles. The number of carbonyl (C=O) groups excluding carboxylic acids is 1. The maximum atomic E-state index is 11.1. The van der Waals surface area contributed by atoms with E-state index in [1.165, 1.54) is 0 Å². The molecule has 4 nitrogen and oxygen atoms in total. The number of ether oxygens (including phenoxy) is 1. The van der Waals surface area contributed by atoms with Crippen LogP contribution in [0.15, 0.2) is 30.3 Å². The van der Waals surface area contributed by atoms with Gasteiger partial charge in [0.2, 0.25) is 0 Å². The molecule has 1 N–H and O–H groups in total. The second-order valence-corrected chi connectivity index (χ2v) is 3.36. The summed E-state index contributed by atoms with van der Waals surface area (Å²) in [4.78, 5) is 15.4.